The lowest BCUT2D eigenvalue weighted by molar-refractivity contribution is -0.00545. The molecule has 0 radical (unpaired) electrons. The number of hydrogen-bond donors (Lipinski definition) is 2. The fourth-order valence-electron chi connectivity index (χ4n) is 3.50. The number of rotatable bonds is 6. The molecule has 3 rings (SSSR count). The number of nitrogens with zero attached hydrogens (tertiary/aromatic N) is 3. The number of halogens is 2. The first-order chi connectivity index (χ1) is 14.0. The molecule has 1 aromatic heterocycles. The molecule has 0 spiro atoms. The smallest absolute Gasteiger partial charge is 0.191 e. The van der Waals surface area contributed by atoms with Crippen molar-refractivity contribution in [1.82, 2.24) is 15.6 Å². The average molecular weight is 527 g/mol. The summed E-state index contributed by atoms with van der Waals surface area (Å²) < 4.78 is 19.0. The molecule has 2 unspecified atom stereocenters. The van der Waals surface area contributed by atoms with Gasteiger partial charge < -0.3 is 20.3 Å². The molecule has 0 bridgehead atoms. The lowest BCUT2D eigenvalue weighted by atomic mass is 10.1. The number of pyridine rings is 1. The van der Waals surface area contributed by atoms with Crippen molar-refractivity contribution in [3.63, 3.8) is 0 Å². The van der Waals surface area contributed by atoms with Crippen molar-refractivity contribution in [2.45, 2.75) is 39.0 Å². The van der Waals surface area contributed by atoms with Gasteiger partial charge in [0.05, 0.1) is 12.2 Å². The predicted octanol–water partition coefficient (Wildman–Crippen LogP) is 3.36. The van der Waals surface area contributed by atoms with Crippen LogP contribution in [0, 0.1) is 5.82 Å². The van der Waals surface area contributed by atoms with Gasteiger partial charge in [0.2, 0.25) is 0 Å². The maximum absolute atomic E-state index is 13.2. The Labute approximate surface area is 195 Å². The van der Waals surface area contributed by atoms with Gasteiger partial charge in [-0.3, -0.25) is 4.99 Å². The summed E-state index contributed by atoms with van der Waals surface area (Å²) in [4.78, 5) is 11.1. The van der Waals surface area contributed by atoms with Gasteiger partial charge in [0, 0.05) is 39.4 Å². The van der Waals surface area contributed by atoms with Gasteiger partial charge >= 0.3 is 0 Å². The number of guanidine groups is 1. The number of ether oxygens (including phenoxy) is 1. The quantitative estimate of drug-likeness (QED) is 0.343. The summed E-state index contributed by atoms with van der Waals surface area (Å²) in [6.45, 7) is 7.20. The van der Waals surface area contributed by atoms with E-state index in [0.717, 1.165) is 36.5 Å². The number of benzene rings is 1. The maximum Gasteiger partial charge on any atom is 0.191 e. The SMILES string of the molecule is CN=C(NCCc1cccc(F)c1)NCc1ccc(N2CC(C)OC(C)C2)nc1.I. The Hall–Kier alpha value is -1.94. The first-order valence-electron chi connectivity index (χ1n) is 10.1. The molecule has 2 N–H and O–H groups in total. The van der Waals surface area contributed by atoms with Crippen LogP contribution in [-0.4, -0.2) is 49.8 Å². The second kappa shape index (κ2) is 12.0. The molecule has 164 valence electrons. The fraction of sp³-hybridized carbons (Fsp3) is 0.455. The van der Waals surface area contributed by atoms with E-state index in [1.807, 2.05) is 12.3 Å². The number of morpholine rings is 1. The monoisotopic (exact) mass is 527 g/mol. The molecule has 2 atom stereocenters. The first kappa shape index (κ1) is 24.3. The van der Waals surface area contributed by atoms with Gasteiger partial charge in [0.15, 0.2) is 5.96 Å². The maximum atomic E-state index is 13.2. The third kappa shape index (κ3) is 7.39. The van der Waals surface area contributed by atoms with Crippen LogP contribution in [0.2, 0.25) is 0 Å². The van der Waals surface area contributed by atoms with Gasteiger partial charge in [-0.1, -0.05) is 18.2 Å². The van der Waals surface area contributed by atoms with E-state index in [4.69, 9.17) is 4.74 Å². The van der Waals surface area contributed by atoms with Crippen molar-refractivity contribution in [2.75, 3.05) is 31.6 Å². The third-order valence-corrected chi connectivity index (χ3v) is 4.83. The van der Waals surface area contributed by atoms with Crippen molar-refractivity contribution in [2.24, 2.45) is 4.99 Å². The van der Waals surface area contributed by atoms with Gasteiger partial charge in [-0.25, -0.2) is 9.37 Å². The van der Waals surface area contributed by atoms with Crippen LogP contribution in [0.25, 0.3) is 0 Å². The molecule has 1 fully saturated rings. The summed E-state index contributed by atoms with van der Waals surface area (Å²) in [6.07, 6.45) is 3.05. The number of aliphatic imine (C=N–C) groups is 1. The molecule has 1 aromatic carbocycles. The van der Waals surface area contributed by atoms with Crippen LogP contribution in [0.5, 0.6) is 0 Å². The normalized spacial score (nSPS) is 19.2. The lowest BCUT2D eigenvalue weighted by Crippen LogP contribution is -2.45. The molecular weight excluding hydrogens is 496 g/mol. The van der Waals surface area contributed by atoms with E-state index in [-0.39, 0.29) is 42.0 Å². The molecule has 30 heavy (non-hydrogen) atoms. The number of nitrogens with one attached hydrogen (secondary N) is 2. The Morgan fingerprint density at radius 1 is 1.17 bits per heavy atom. The van der Waals surface area contributed by atoms with Crippen molar-refractivity contribution in [3.05, 3.63) is 59.5 Å². The van der Waals surface area contributed by atoms with Crippen LogP contribution in [0.1, 0.15) is 25.0 Å². The van der Waals surface area contributed by atoms with Crippen LogP contribution in [0.4, 0.5) is 10.2 Å². The summed E-state index contributed by atoms with van der Waals surface area (Å²) in [5, 5.41) is 6.54. The van der Waals surface area contributed by atoms with Crippen molar-refractivity contribution in [3.8, 4) is 0 Å². The minimum Gasteiger partial charge on any atom is -0.372 e. The van der Waals surface area contributed by atoms with Gasteiger partial charge in [0.1, 0.15) is 11.6 Å². The van der Waals surface area contributed by atoms with E-state index in [1.54, 1.807) is 19.2 Å². The molecule has 8 heteroatoms. The Kier molecular flexibility index (Phi) is 9.77. The highest BCUT2D eigenvalue weighted by Gasteiger charge is 2.22. The van der Waals surface area contributed by atoms with Crippen molar-refractivity contribution < 1.29 is 9.13 Å². The van der Waals surface area contributed by atoms with E-state index < -0.39 is 0 Å². The van der Waals surface area contributed by atoms with E-state index >= 15 is 0 Å². The van der Waals surface area contributed by atoms with E-state index in [0.29, 0.717) is 19.0 Å². The largest absolute Gasteiger partial charge is 0.372 e. The molecule has 1 saturated heterocycles. The molecule has 1 aliphatic heterocycles. The second-order valence-corrected chi connectivity index (χ2v) is 7.42. The zero-order valence-corrected chi connectivity index (χ0v) is 20.1. The molecule has 2 aromatic rings. The minimum absolute atomic E-state index is 0. The Bertz CT molecular complexity index is 807. The van der Waals surface area contributed by atoms with Crippen LogP contribution in [0.15, 0.2) is 47.6 Å². The topological polar surface area (TPSA) is 61.8 Å². The van der Waals surface area contributed by atoms with Gasteiger partial charge in [0.25, 0.3) is 0 Å². The van der Waals surface area contributed by atoms with Crippen LogP contribution < -0.4 is 15.5 Å². The van der Waals surface area contributed by atoms with Crippen LogP contribution >= 0.6 is 24.0 Å². The standard InChI is InChI=1S/C22H30FN5O.HI/c1-16-14-28(15-17(2)29-16)21-8-7-19(12-26-21)13-27-22(24-3)25-10-9-18-5-4-6-20(23)11-18;/h4-8,11-12,16-17H,9-10,13-15H2,1-3H3,(H2,24,25,27);1H. The molecule has 0 amide bonds. The van der Waals surface area contributed by atoms with Gasteiger partial charge in [-0.15, -0.1) is 24.0 Å². The van der Waals surface area contributed by atoms with E-state index in [9.17, 15) is 4.39 Å². The number of hydrogen-bond acceptors (Lipinski definition) is 4. The molecule has 6 nitrogen and oxygen atoms in total. The minimum atomic E-state index is -0.207. The predicted molar refractivity (Wildman–Crippen MR) is 130 cm³/mol. The summed E-state index contributed by atoms with van der Waals surface area (Å²) in [7, 11) is 1.74. The Morgan fingerprint density at radius 2 is 1.93 bits per heavy atom. The average Bonchev–Trinajstić information content (AvgIpc) is 2.70. The van der Waals surface area contributed by atoms with Crippen LogP contribution in [-0.2, 0) is 17.7 Å². The second-order valence-electron chi connectivity index (χ2n) is 7.42. The Morgan fingerprint density at radius 3 is 2.57 bits per heavy atom. The Balaban J connectivity index is 0.00000320. The van der Waals surface area contributed by atoms with Gasteiger partial charge in [-0.2, -0.15) is 0 Å². The van der Waals surface area contributed by atoms with Gasteiger partial charge in [-0.05, 0) is 49.6 Å². The highest BCUT2D eigenvalue weighted by molar-refractivity contribution is 14.0. The first-order valence-corrected chi connectivity index (χ1v) is 10.1. The molecule has 0 saturated carbocycles. The lowest BCUT2D eigenvalue weighted by Gasteiger charge is -2.36. The van der Waals surface area contributed by atoms with Crippen molar-refractivity contribution in [1.29, 1.82) is 0 Å². The number of anilines is 1. The summed E-state index contributed by atoms with van der Waals surface area (Å²) in [5.41, 5.74) is 2.04. The molecule has 1 aliphatic rings. The van der Waals surface area contributed by atoms with E-state index in [2.05, 4.69) is 51.5 Å². The van der Waals surface area contributed by atoms with Crippen molar-refractivity contribution >= 4 is 35.8 Å². The summed E-state index contributed by atoms with van der Waals surface area (Å²) in [6, 6.07) is 10.8. The molecule has 0 aliphatic carbocycles. The highest BCUT2D eigenvalue weighted by Crippen LogP contribution is 2.18. The zero-order chi connectivity index (χ0) is 20.6. The highest BCUT2D eigenvalue weighted by atomic mass is 127. The van der Waals surface area contributed by atoms with E-state index in [1.165, 1.54) is 6.07 Å². The molecule has 2 heterocycles. The molecular formula is C22H31FIN5O. The zero-order valence-electron chi connectivity index (χ0n) is 17.8. The fourth-order valence-corrected chi connectivity index (χ4v) is 3.50. The number of aromatic nitrogens is 1. The van der Waals surface area contributed by atoms with Crippen LogP contribution in [0.3, 0.4) is 0 Å². The third-order valence-electron chi connectivity index (χ3n) is 4.83. The summed E-state index contributed by atoms with van der Waals surface area (Å²) >= 11 is 0. The summed E-state index contributed by atoms with van der Waals surface area (Å²) in [5.74, 6) is 1.48.